The van der Waals surface area contributed by atoms with E-state index in [9.17, 15) is 53.0 Å². The maximum Gasteiger partial charge on any atom is 0.310 e. The van der Waals surface area contributed by atoms with Gasteiger partial charge in [-0.25, -0.2) is 8.78 Å². The molecule has 1 saturated carbocycles. The highest BCUT2D eigenvalue weighted by Gasteiger charge is 2.65. The molecule has 2 heterocycles. The molecule has 1 aliphatic carbocycles. The third-order valence-electron chi connectivity index (χ3n) is 7.80. The Morgan fingerprint density at radius 2 is 1.76 bits per heavy atom. The zero-order valence-corrected chi connectivity index (χ0v) is 23.2. The number of nitriles is 1. The molecule has 234 valence electrons. The molecule has 3 fully saturated rings. The fourth-order valence-corrected chi connectivity index (χ4v) is 6.36. The van der Waals surface area contributed by atoms with Crippen molar-refractivity contribution in [1.29, 1.82) is 5.26 Å². The number of rotatable bonds is 7. The Hall–Kier alpha value is -3.26. The molecule has 3 N–H and O–H groups in total. The van der Waals surface area contributed by atoms with Crippen molar-refractivity contribution in [2.24, 2.45) is 5.92 Å². The lowest BCUT2D eigenvalue weighted by Crippen LogP contribution is -2.59. The van der Waals surface area contributed by atoms with E-state index in [0.717, 1.165) is 9.80 Å². The number of nitrogens with one attached hydrogen (secondary N) is 2. The second-order valence-corrected chi connectivity index (χ2v) is 13.9. The van der Waals surface area contributed by atoms with Crippen molar-refractivity contribution in [2.75, 3.05) is 18.0 Å². The van der Waals surface area contributed by atoms with Gasteiger partial charge in [0.1, 0.15) is 17.0 Å². The lowest BCUT2D eigenvalue weighted by Gasteiger charge is -2.41. The molecule has 2 unspecified atom stereocenters. The van der Waals surface area contributed by atoms with Crippen LogP contribution in [0.15, 0.2) is 29.2 Å². The van der Waals surface area contributed by atoms with Gasteiger partial charge >= 0.3 is 10.2 Å². The minimum Gasteiger partial charge on any atom is -0.388 e. The molecule has 2 aliphatic heterocycles. The number of benzene rings is 1. The molecular formula is C25H30F7N5O4S. The van der Waals surface area contributed by atoms with Crippen LogP contribution in [0.25, 0.3) is 0 Å². The fraction of sp³-hybridized carbons (Fsp3) is 0.600. The van der Waals surface area contributed by atoms with Gasteiger partial charge in [0.25, 0.3) is 5.91 Å². The van der Waals surface area contributed by atoms with Gasteiger partial charge in [-0.1, -0.05) is 19.4 Å². The van der Waals surface area contributed by atoms with Gasteiger partial charge in [0.2, 0.25) is 17.7 Å². The lowest BCUT2D eigenvalue weighted by atomic mass is 9.90. The zero-order valence-electron chi connectivity index (χ0n) is 22.3. The van der Waals surface area contributed by atoms with E-state index in [0.29, 0.717) is 12.1 Å². The van der Waals surface area contributed by atoms with E-state index < -0.39 is 86.9 Å². The van der Waals surface area contributed by atoms with Crippen LogP contribution in [0.5, 0.6) is 0 Å². The number of amides is 3. The molecule has 0 spiro atoms. The highest BCUT2D eigenvalue weighted by atomic mass is 32.5. The molecule has 0 radical (unpaired) electrons. The van der Waals surface area contributed by atoms with Gasteiger partial charge in [-0.2, -0.15) is 5.26 Å². The topological polar surface area (TPSA) is 126 Å². The minimum absolute atomic E-state index is 0.0697. The van der Waals surface area contributed by atoms with Crippen LogP contribution in [0.4, 0.5) is 33.9 Å². The van der Waals surface area contributed by atoms with Gasteiger partial charge in [0, 0.05) is 49.9 Å². The largest absolute Gasteiger partial charge is 0.388 e. The number of likely N-dealkylation sites (tertiary alicyclic amines) is 1. The first-order valence-electron chi connectivity index (χ1n) is 13.1. The predicted octanol–water partition coefficient (Wildman–Crippen LogP) is 4.18. The van der Waals surface area contributed by atoms with E-state index in [4.69, 9.17) is 0 Å². The number of alkyl halides is 2. The summed E-state index contributed by atoms with van der Waals surface area (Å²) < 4.78 is 94.6. The SMILES string of the molecule is C[C@@]1(O)C[C@H](C(=O)N(c2ccc(S(F)(F)(F)(F)F)cc2)C(C(=O)NC2CCC(F)(F)CC2)C2CNC(=O)C2)N(C#N)C1. The number of aliphatic hydroxyl groups is 1. The number of carbonyl (C=O) groups excluding carboxylic acids is 3. The summed E-state index contributed by atoms with van der Waals surface area (Å²) in [5.74, 6) is -6.29. The number of halogens is 7. The second kappa shape index (κ2) is 9.90. The molecule has 9 nitrogen and oxygen atoms in total. The molecule has 1 aromatic rings. The van der Waals surface area contributed by atoms with Gasteiger partial charge in [0.15, 0.2) is 6.19 Å². The molecule has 4 atom stereocenters. The van der Waals surface area contributed by atoms with Gasteiger partial charge in [0.05, 0.1) is 12.1 Å². The summed E-state index contributed by atoms with van der Waals surface area (Å²) in [5.41, 5.74) is -1.95. The minimum atomic E-state index is -10.1. The molecule has 0 bridgehead atoms. The first-order valence-corrected chi connectivity index (χ1v) is 15.1. The van der Waals surface area contributed by atoms with E-state index >= 15 is 0 Å². The highest BCUT2D eigenvalue weighted by molar-refractivity contribution is 8.45. The van der Waals surface area contributed by atoms with Crippen molar-refractivity contribution in [1.82, 2.24) is 15.5 Å². The van der Waals surface area contributed by atoms with E-state index in [1.54, 1.807) is 6.19 Å². The van der Waals surface area contributed by atoms with Crippen LogP contribution in [0, 0.1) is 17.4 Å². The Morgan fingerprint density at radius 1 is 1.17 bits per heavy atom. The Labute approximate surface area is 236 Å². The van der Waals surface area contributed by atoms with Crippen LogP contribution in [0.3, 0.4) is 0 Å². The Kier molecular flexibility index (Phi) is 7.46. The van der Waals surface area contributed by atoms with E-state index in [1.165, 1.54) is 6.92 Å². The number of carbonyl (C=O) groups is 3. The first-order chi connectivity index (χ1) is 19.1. The average molecular weight is 630 g/mol. The maximum absolute atomic E-state index is 14.0. The molecule has 0 aromatic heterocycles. The van der Waals surface area contributed by atoms with Gasteiger partial charge < -0.3 is 15.7 Å². The van der Waals surface area contributed by atoms with Crippen LogP contribution >= 0.6 is 10.2 Å². The third kappa shape index (κ3) is 7.02. The molecular weight excluding hydrogens is 599 g/mol. The van der Waals surface area contributed by atoms with Crippen LogP contribution in [0.1, 0.15) is 45.4 Å². The normalized spacial score (nSPS) is 28.7. The van der Waals surface area contributed by atoms with Gasteiger partial charge in [-0.05, 0) is 44.0 Å². The third-order valence-corrected chi connectivity index (χ3v) is 8.96. The van der Waals surface area contributed by atoms with Crippen LogP contribution in [-0.2, 0) is 14.4 Å². The molecule has 4 rings (SSSR count). The molecule has 42 heavy (non-hydrogen) atoms. The Bertz CT molecular complexity index is 1290. The first kappa shape index (κ1) is 31.7. The van der Waals surface area contributed by atoms with Crippen molar-refractivity contribution >= 4 is 33.6 Å². The van der Waals surface area contributed by atoms with Crippen LogP contribution < -0.4 is 15.5 Å². The standard InChI is InChI=1S/C25H30F7N5O4S/c1-24(41)11-19(36(13-24)14-33)23(40)37(17-2-4-18(5-3-17)42(28,29,30,31)32)21(15-10-20(38)34-12-15)22(39)35-16-6-8-25(26,27)9-7-16/h2-5,15-16,19,21,41H,6-13H2,1H3,(H,34,38)(H,35,39)/t15?,19-,21?,24-/m1/s1. The fourth-order valence-electron chi connectivity index (χ4n) is 5.71. The van der Waals surface area contributed by atoms with Crippen molar-refractivity contribution in [3.05, 3.63) is 24.3 Å². The summed E-state index contributed by atoms with van der Waals surface area (Å²) in [6, 6.07) is -2.44. The van der Waals surface area contributed by atoms with E-state index in [2.05, 4.69) is 10.6 Å². The van der Waals surface area contributed by atoms with Crippen molar-refractivity contribution in [3.63, 3.8) is 0 Å². The molecule has 3 aliphatic rings. The Morgan fingerprint density at radius 3 is 2.26 bits per heavy atom. The van der Waals surface area contributed by atoms with E-state index in [-0.39, 0.29) is 50.9 Å². The lowest BCUT2D eigenvalue weighted by molar-refractivity contribution is -0.130. The molecule has 3 amide bonds. The maximum atomic E-state index is 14.0. The highest BCUT2D eigenvalue weighted by Crippen LogP contribution is 3.02. The number of anilines is 1. The number of hydrogen-bond acceptors (Lipinski definition) is 6. The summed E-state index contributed by atoms with van der Waals surface area (Å²) in [7, 11) is -10.1. The van der Waals surface area contributed by atoms with Crippen molar-refractivity contribution in [2.45, 2.75) is 80.0 Å². The van der Waals surface area contributed by atoms with Crippen molar-refractivity contribution < 1.29 is 47.7 Å². The van der Waals surface area contributed by atoms with Gasteiger partial charge in [-0.15, -0.1) is 0 Å². The second-order valence-electron chi connectivity index (χ2n) is 11.5. The predicted molar refractivity (Wildman–Crippen MR) is 137 cm³/mol. The van der Waals surface area contributed by atoms with Crippen LogP contribution in [0.2, 0.25) is 0 Å². The van der Waals surface area contributed by atoms with Crippen molar-refractivity contribution in [3.8, 4) is 6.19 Å². The number of hydrogen-bond donors (Lipinski definition) is 3. The monoisotopic (exact) mass is 629 g/mol. The number of nitrogens with zero attached hydrogens (tertiary/aromatic N) is 3. The molecule has 2 saturated heterocycles. The molecule has 1 aromatic carbocycles. The summed E-state index contributed by atoms with van der Waals surface area (Å²) in [5, 5.41) is 25.2. The quantitative estimate of drug-likeness (QED) is 0.307. The summed E-state index contributed by atoms with van der Waals surface area (Å²) in [4.78, 5) is 39.4. The summed E-state index contributed by atoms with van der Waals surface area (Å²) >= 11 is 0. The smallest absolute Gasteiger partial charge is 0.310 e. The summed E-state index contributed by atoms with van der Waals surface area (Å²) in [6.45, 7) is 0.922. The summed E-state index contributed by atoms with van der Waals surface area (Å²) in [6.07, 6.45) is -0.0841. The number of β-amino-alcohol motifs (C(OH)–C–C–N with tert-alkyl or cyclic N) is 1. The van der Waals surface area contributed by atoms with E-state index in [1.807, 2.05) is 0 Å². The Balaban J connectivity index is 1.78. The van der Waals surface area contributed by atoms with Gasteiger partial charge in [-0.3, -0.25) is 24.2 Å². The van der Waals surface area contributed by atoms with Crippen LogP contribution in [-0.4, -0.2) is 70.5 Å². The average Bonchev–Trinajstić information content (AvgIpc) is 3.43. The zero-order chi connectivity index (χ0) is 31.4. The molecule has 17 heteroatoms.